The van der Waals surface area contributed by atoms with E-state index in [0.717, 1.165) is 29.8 Å². The molecule has 1 fully saturated rings. The average molecular weight is 625 g/mol. The molecule has 0 aliphatic carbocycles. The third-order valence-corrected chi connectivity index (χ3v) is 10.7. The monoisotopic (exact) mass is 624 g/mol. The maximum atomic E-state index is 13.3. The highest BCUT2D eigenvalue weighted by Gasteiger charge is 2.31. The fourth-order valence-electron chi connectivity index (χ4n) is 5.55. The Hall–Kier alpha value is -3.58. The molecule has 2 aromatic carbocycles. The van der Waals surface area contributed by atoms with Gasteiger partial charge < -0.3 is 10.1 Å². The molecule has 1 atom stereocenters. The van der Waals surface area contributed by atoms with Crippen LogP contribution < -0.4 is 10.6 Å². The highest BCUT2D eigenvalue weighted by molar-refractivity contribution is 7.89. The third-order valence-electron chi connectivity index (χ3n) is 7.70. The highest BCUT2D eigenvalue weighted by Crippen LogP contribution is 2.38. The first-order valence-corrected chi connectivity index (χ1v) is 16.7. The number of hydrogen-bond donors (Lipinski definition) is 2. The van der Waals surface area contributed by atoms with Crippen LogP contribution in [-0.4, -0.2) is 61.8 Å². The number of sulfonamides is 1. The molecule has 0 saturated carbocycles. The summed E-state index contributed by atoms with van der Waals surface area (Å²) in [6, 6.07) is 15.9. The van der Waals surface area contributed by atoms with Gasteiger partial charge in [0, 0.05) is 43.2 Å². The fourth-order valence-corrected chi connectivity index (χ4v) is 8.43. The normalized spacial score (nSPS) is 17.6. The van der Waals surface area contributed by atoms with Crippen molar-refractivity contribution in [2.75, 3.05) is 31.6 Å². The Bertz CT molecular complexity index is 1590. The van der Waals surface area contributed by atoms with Crippen LogP contribution in [0, 0.1) is 5.92 Å². The van der Waals surface area contributed by atoms with Crippen LogP contribution in [0.25, 0.3) is 0 Å². The highest BCUT2D eigenvalue weighted by atomic mass is 32.2. The zero-order valence-corrected chi connectivity index (χ0v) is 25.9. The second-order valence-electron chi connectivity index (χ2n) is 10.9. The van der Waals surface area contributed by atoms with E-state index < -0.39 is 27.9 Å². The molecule has 12 heteroatoms. The van der Waals surface area contributed by atoms with E-state index in [1.54, 1.807) is 6.92 Å². The van der Waals surface area contributed by atoms with Crippen LogP contribution in [-0.2, 0) is 34.3 Å². The molecule has 1 aromatic heterocycles. The first kappa shape index (κ1) is 30.9. The Morgan fingerprint density at radius 1 is 1.02 bits per heavy atom. The molecule has 3 aromatic rings. The number of nitrogens with one attached hydrogen (secondary N) is 2. The topological polar surface area (TPSA) is 125 Å². The van der Waals surface area contributed by atoms with E-state index in [1.165, 1.54) is 45.5 Å². The lowest BCUT2D eigenvalue weighted by Crippen LogP contribution is -2.39. The van der Waals surface area contributed by atoms with Gasteiger partial charge in [-0.3, -0.25) is 19.8 Å². The van der Waals surface area contributed by atoms with Gasteiger partial charge in [0.15, 0.2) is 0 Å². The molecule has 0 spiro atoms. The molecule has 43 heavy (non-hydrogen) atoms. The van der Waals surface area contributed by atoms with E-state index >= 15 is 0 Å². The number of thiophene rings is 1. The molecule has 3 heterocycles. The Kier molecular flexibility index (Phi) is 9.60. The standard InChI is InChI=1S/C31H36N4O6S2/c1-3-41-31(38)33-29(37)27-25-15-17-34(19-22-9-5-4-6-10-22)20-26(25)42-30(27)32-28(36)23-11-13-24(14-12-23)43(39,40)35-16-7-8-21(2)18-35/h4-6,9-14,21H,3,7-8,15-20H2,1-2H3,(H,32,36)(H,33,37,38). The number of anilines is 1. The Morgan fingerprint density at radius 3 is 2.47 bits per heavy atom. The number of carbonyl (C=O) groups is 3. The molecular weight excluding hydrogens is 588 g/mol. The fraction of sp³-hybridized carbons (Fsp3) is 0.387. The van der Waals surface area contributed by atoms with Crippen molar-refractivity contribution in [3.8, 4) is 0 Å². The van der Waals surface area contributed by atoms with Crippen LogP contribution >= 0.6 is 11.3 Å². The first-order valence-electron chi connectivity index (χ1n) is 14.5. The van der Waals surface area contributed by atoms with Gasteiger partial charge in [0.1, 0.15) is 5.00 Å². The number of carbonyl (C=O) groups excluding carboxylic acids is 3. The number of rotatable bonds is 8. The molecule has 1 saturated heterocycles. The maximum Gasteiger partial charge on any atom is 0.414 e. The minimum atomic E-state index is -3.66. The maximum absolute atomic E-state index is 13.3. The zero-order valence-electron chi connectivity index (χ0n) is 24.3. The number of alkyl carbamates (subject to hydrolysis) is 1. The van der Waals surface area contributed by atoms with Crippen LogP contribution in [0.2, 0.25) is 0 Å². The second-order valence-corrected chi connectivity index (χ2v) is 14.0. The van der Waals surface area contributed by atoms with Crippen LogP contribution in [0.3, 0.4) is 0 Å². The van der Waals surface area contributed by atoms with E-state index in [4.69, 9.17) is 4.74 Å². The van der Waals surface area contributed by atoms with Gasteiger partial charge in [-0.1, -0.05) is 37.3 Å². The lowest BCUT2D eigenvalue weighted by Gasteiger charge is -2.30. The number of piperidine rings is 1. The van der Waals surface area contributed by atoms with E-state index in [-0.39, 0.29) is 22.6 Å². The quantitative estimate of drug-likeness (QED) is 0.367. The molecule has 2 N–H and O–H groups in total. The van der Waals surface area contributed by atoms with Gasteiger partial charge in [-0.25, -0.2) is 13.2 Å². The molecule has 2 aliphatic heterocycles. The second kappa shape index (κ2) is 13.4. The van der Waals surface area contributed by atoms with E-state index in [2.05, 4.69) is 27.7 Å². The minimum absolute atomic E-state index is 0.112. The smallest absolute Gasteiger partial charge is 0.414 e. The molecule has 228 valence electrons. The van der Waals surface area contributed by atoms with Crippen molar-refractivity contribution in [2.24, 2.45) is 5.92 Å². The summed E-state index contributed by atoms with van der Waals surface area (Å²) in [4.78, 5) is 42.0. The van der Waals surface area contributed by atoms with Gasteiger partial charge >= 0.3 is 6.09 Å². The van der Waals surface area contributed by atoms with Gasteiger partial charge in [0.25, 0.3) is 11.8 Å². The summed E-state index contributed by atoms with van der Waals surface area (Å²) in [6.07, 6.45) is 1.54. The summed E-state index contributed by atoms with van der Waals surface area (Å²) < 4.78 is 32.7. The van der Waals surface area contributed by atoms with Crippen LogP contribution in [0.4, 0.5) is 9.80 Å². The van der Waals surface area contributed by atoms with E-state index in [1.807, 2.05) is 25.1 Å². The molecule has 3 amide bonds. The van der Waals surface area contributed by atoms with Gasteiger partial charge in [0.2, 0.25) is 10.0 Å². The van der Waals surface area contributed by atoms with Gasteiger partial charge in [-0.2, -0.15) is 4.31 Å². The van der Waals surface area contributed by atoms with Crippen molar-refractivity contribution < 1.29 is 27.5 Å². The summed E-state index contributed by atoms with van der Waals surface area (Å²) >= 11 is 1.31. The molecule has 2 aliphatic rings. The third kappa shape index (κ3) is 7.15. The van der Waals surface area contributed by atoms with Crippen molar-refractivity contribution >= 4 is 44.3 Å². The summed E-state index contributed by atoms with van der Waals surface area (Å²) in [6.45, 7) is 6.80. The first-order chi connectivity index (χ1) is 20.7. The summed E-state index contributed by atoms with van der Waals surface area (Å²) in [5, 5.41) is 5.45. The van der Waals surface area contributed by atoms with Crippen LogP contribution in [0.1, 0.15) is 63.4 Å². The van der Waals surface area contributed by atoms with Crippen molar-refractivity contribution in [1.82, 2.24) is 14.5 Å². The van der Waals surface area contributed by atoms with Crippen LogP contribution in [0.15, 0.2) is 59.5 Å². The van der Waals surface area contributed by atoms with Crippen molar-refractivity contribution in [1.29, 1.82) is 0 Å². The predicted octanol–water partition coefficient (Wildman–Crippen LogP) is 4.87. The molecular formula is C31H36N4O6S2. The Morgan fingerprint density at radius 2 is 1.77 bits per heavy atom. The van der Waals surface area contributed by atoms with Crippen molar-refractivity contribution in [2.45, 2.75) is 51.1 Å². The van der Waals surface area contributed by atoms with E-state index in [0.29, 0.717) is 43.5 Å². The van der Waals surface area contributed by atoms with Crippen molar-refractivity contribution in [3.05, 3.63) is 81.7 Å². The molecule has 10 nitrogen and oxygen atoms in total. The summed E-state index contributed by atoms with van der Waals surface area (Å²) in [5.41, 5.74) is 2.47. The summed E-state index contributed by atoms with van der Waals surface area (Å²) in [5.74, 6) is -0.828. The Balaban J connectivity index is 1.36. The molecule has 5 rings (SSSR count). The van der Waals surface area contributed by atoms with Crippen molar-refractivity contribution in [3.63, 3.8) is 0 Å². The molecule has 0 radical (unpaired) electrons. The molecule has 1 unspecified atom stereocenters. The molecule has 0 bridgehead atoms. The lowest BCUT2D eigenvalue weighted by molar-refractivity contribution is 0.0924. The van der Waals surface area contributed by atoms with E-state index in [9.17, 15) is 22.8 Å². The Labute approximate surface area is 256 Å². The zero-order chi connectivity index (χ0) is 30.6. The van der Waals surface area contributed by atoms with Gasteiger partial charge in [-0.05, 0) is 67.5 Å². The minimum Gasteiger partial charge on any atom is -0.450 e. The number of ether oxygens (including phenoxy) is 1. The lowest BCUT2D eigenvalue weighted by atomic mass is 10.0. The predicted molar refractivity (Wildman–Crippen MR) is 165 cm³/mol. The largest absolute Gasteiger partial charge is 0.450 e. The number of nitrogens with zero attached hydrogens (tertiary/aromatic N) is 2. The SMILES string of the molecule is CCOC(=O)NC(=O)c1c(NC(=O)c2ccc(S(=O)(=O)N3CCCC(C)C3)cc2)sc2c1CCN(Cc1ccccc1)C2. The van der Waals surface area contributed by atoms with Crippen LogP contribution in [0.5, 0.6) is 0 Å². The number of hydrogen-bond acceptors (Lipinski definition) is 8. The summed E-state index contributed by atoms with van der Waals surface area (Å²) in [7, 11) is -3.66. The van der Waals surface area contributed by atoms with Gasteiger partial charge in [0.05, 0.1) is 17.1 Å². The number of amides is 3. The van der Waals surface area contributed by atoms with Gasteiger partial charge in [-0.15, -0.1) is 11.3 Å². The number of imide groups is 1. The number of fused-ring (bicyclic) bond motifs is 1. The number of benzene rings is 2. The average Bonchev–Trinajstić information content (AvgIpc) is 3.35.